The van der Waals surface area contributed by atoms with E-state index in [1.165, 1.54) is 16.7 Å². The molecule has 19 heavy (non-hydrogen) atoms. The Morgan fingerprint density at radius 1 is 1.26 bits per heavy atom. The van der Waals surface area contributed by atoms with Crippen LogP contribution in [0.5, 0.6) is 0 Å². The van der Waals surface area contributed by atoms with Crippen LogP contribution < -0.4 is 5.32 Å². The zero-order chi connectivity index (χ0) is 14.4. The van der Waals surface area contributed by atoms with Gasteiger partial charge < -0.3 is 5.32 Å². The van der Waals surface area contributed by atoms with Gasteiger partial charge in [0, 0.05) is 18.0 Å². The van der Waals surface area contributed by atoms with Crippen molar-refractivity contribution in [1.82, 2.24) is 5.32 Å². The van der Waals surface area contributed by atoms with E-state index in [2.05, 4.69) is 45.2 Å². The summed E-state index contributed by atoms with van der Waals surface area (Å²) >= 11 is 0. The fourth-order valence-corrected chi connectivity index (χ4v) is 2.55. The molecule has 106 valence electrons. The van der Waals surface area contributed by atoms with Crippen LogP contribution in [0.1, 0.15) is 60.3 Å². The van der Waals surface area contributed by atoms with Crippen LogP contribution in [0, 0.1) is 5.92 Å². The van der Waals surface area contributed by atoms with Crippen LogP contribution >= 0.6 is 0 Å². The van der Waals surface area contributed by atoms with Gasteiger partial charge in [-0.2, -0.15) is 0 Å². The zero-order valence-electron chi connectivity index (χ0n) is 13.0. The van der Waals surface area contributed by atoms with Gasteiger partial charge in [-0.15, -0.1) is 0 Å². The molecule has 1 aliphatic carbocycles. The van der Waals surface area contributed by atoms with Crippen molar-refractivity contribution in [3.05, 3.63) is 34.6 Å². The van der Waals surface area contributed by atoms with Crippen molar-refractivity contribution in [2.24, 2.45) is 5.92 Å². The van der Waals surface area contributed by atoms with Crippen molar-refractivity contribution in [2.45, 2.75) is 60.3 Å². The Morgan fingerprint density at radius 2 is 1.95 bits per heavy atom. The Morgan fingerprint density at radius 3 is 2.42 bits per heavy atom. The molecule has 0 saturated carbocycles. The van der Waals surface area contributed by atoms with Crippen molar-refractivity contribution >= 4 is 5.91 Å². The summed E-state index contributed by atoms with van der Waals surface area (Å²) in [6.45, 7) is 10.4. The Hall–Kier alpha value is -1.31. The second-order valence-corrected chi connectivity index (χ2v) is 5.32. The van der Waals surface area contributed by atoms with Crippen LogP contribution in [0.15, 0.2) is 34.6 Å². The lowest BCUT2D eigenvalue weighted by atomic mass is 9.90. The fourth-order valence-electron chi connectivity index (χ4n) is 2.55. The second-order valence-electron chi connectivity index (χ2n) is 5.32. The number of rotatable bonds is 6. The number of carbonyl (C=O) groups is 1. The zero-order valence-corrected chi connectivity index (χ0v) is 13.0. The van der Waals surface area contributed by atoms with Crippen LogP contribution in [-0.2, 0) is 4.79 Å². The van der Waals surface area contributed by atoms with Gasteiger partial charge in [0.2, 0.25) is 5.91 Å². The summed E-state index contributed by atoms with van der Waals surface area (Å²) in [5.74, 6) is 0.559. The molecular formula is C17H27NO. The molecule has 0 aromatic rings. The van der Waals surface area contributed by atoms with Crippen LogP contribution in [0.25, 0.3) is 0 Å². The molecule has 2 nitrogen and oxygen atoms in total. The van der Waals surface area contributed by atoms with Crippen molar-refractivity contribution in [2.75, 3.05) is 0 Å². The summed E-state index contributed by atoms with van der Waals surface area (Å²) in [5, 5.41) is 3.10. The quantitative estimate of drug-likeness (QED) is 0.749. The Kier molecular flexibility index (Phi) is 6.07. The van der Waals surface area contributed by atoms with Gasteiger partial charge in [-0.1, -0.05) is 44.9 Å². The Labute approximate surface area is 117 Å². The minimum Gasteiger partial charge on any atom is -0.326 e. The minimum atomic E-state index is 0.0984. The molecular weight excluding hydrogens is 234 g/mol. The smallest absolute Gasteiger partial charge is 0.224 e. The summed E-state index contributed by atoms with van der Waals surface area (Å²) in [4.78, 5) is 11.8. The molecule has 0 aromatic heterocycles. The maximum atomic E-state index is 11.8. The first-order valence-electron chi connectivity index (χ1n) is 7.43. The number of hydrogen-bond donors (Lipinski definition) is 1. The van der Waals surface area contributed by atoms with E-state index in [1.807, 2.05) is 6.92 Å². The van der Waals surface area contributed by atoms with Gasteiger partial charge in [-0.05, 0) is 37.8 Å². The van der Waals surface area contributed by atoms with Gasteiger partial charge in [0.25, 0.3) is 0 Å². The molecule has 1 unspecified atom stereocenters. The lowest BCUT2D eigenvalue weighted by molar-refractivity contribution is -0.120. The minimum absolute atomic E-state index is 0.0984. The van der Waals surface area contributed by atoms with Crippen LogP contribution in [0.4, 0.5) is 0 Å². The molecule has 0 fully saturated rings. The molecule has 1 atom stereocenters. The second kappa shape index (κ2) is 7.32. The molecule has 0 spiro atoms. The van der Waals surface area contributed by atoms with Gasteiger partial charge in [-0.3, -0.25) is 4.79 Å². The first-order chi connectivity index (χ1) is 9.04. The normalized spacial score (nSPS) is 17.8. The van der Waals surface area contributed by atoms with E-state index >= 15 is 0 Å². The molecule has 0 saturated heterocycles. The largest absolute Gasteiger partial charge is 0.326 e. The number of hydrogen-bond acceptors (Lipinski definition) is 1. The van der Waals surface area contributed by atoms with E-state index < -0.39 is 0 Å². The van der Waals surface area contributed by atoms with E-state index in [4.69, 9.17) is 0 Å². The molecule has 1 amide bonds. The molecule has 1 N–H and O–H groups in total. The maximum absolute atomic E-state index is 11.8. The van der Waals surface area contributed by atoms with Crippen LogP contribution in [-0.4, -0.2) is 5.91 Å². The van der Waals surface area contributed by atoms with Crippen molar-refractivity contribution in [3.63, 3.8) is 0 Å². The molecule has 0 aromatic carbocycles. The number of allylic oxidation sites excluding steroid dienone is 5. The third-order valence-corrected chi connectivity index (χ3v) is 3.58. The summed E-state index contributed by atoms with van der Waals surface area (Å²) in [6, 6.07) is 0. The van der Waals surface area contributed by atoms with Crippen molar-refractivity contribution in [3.8, 4) is 0 Å². The van der Waals surface area contributed by atoms with E-state index in [9.17, 15) is 4.79 Å². The molecule has 1 rings (SSSR count). The van der Waals surface area contributed by atoms with E-state index in [0.717, 1.165) is 25.0 Å². The predicted molar refractivity (Wildman–Crippen MR) is 81.7 cm³/mol. The van der Waals surface area contributed by atoms with Gasteiger partial charge in [-0.25, -0.2) is 0 Å². The summed E-state index contributed by atoms with van der Waals surface area (Å²) in [6.07, 6.45) is 8.37. The average Bonchev–Trinajstić information content (AvgIpc) is 2.78. The third-order valence-electron chi connectivity index (χ3n) is 3.58. The maximum Gasteiger partial charge on any atom is 0.224 e. The Balaban J connectivity index is 3.12. The lowest BCUT2D eigenvalue weighted by Crippen LogP contribution is -2.25. The topological polar surface area (TPSA) is 29.1 Å². The first kappa shape index (κ1) is 15.7. The van der Waals surface area contributed by atoms with E-state index in [-0.39, 0.29) is 5.91 Å². The monoisotopic (exact) mass is 261 g/mol. The lowest BCUT2D eigenvalue weighted by Gasteiger charge is -2.21. The molecule has 0 radical (unpaired) electrons. The summed E-state index contributed by atoms with van der Waals surface area (Å²) < 4.78 is 0. The van der Waals surface area contributed by atoms with Crippen molar-refractivity contribution in [1.29, 1.82) is 0 Å². The summed E-state index contributed by atoms with van der Waals surface area (Å²) in [7, 11) is 0. The average molecular weight is 261 g/mol. The highest BCUT2D eigenvalue weighted by Gasteiger charge is 2.23. The highest BCUT2D eigenvalue weighted by Crippen LogP contribution is 2.35. The molecule has 2 heteroatoms. The Bertz CT molecular complexity index is 423. The molecule has 0 bridgehead atoms. The van der Waals surface area contributed by atoms with Gasteiger partial charge >= 0.3 is 0 Å². The van der Waals surface area contributed by atoms with Crippen molar-refractivity contribution < 1.29 is 4.79 Å². The van der Waals surface area contributed by atoms with Crippen LogP contribution in [0.2, 0.25) is 0 Å². The first-order valence-corrected chi connectivity index (χ1v) is 7.43. The van der Waals surface area contributed by atoms with Gasteiger partial charge in [0.05, 0.1) is 0 Å². The highest BCUT2D eigenvalue weighted by molar-refractivity contribution is 5.79. The van der Waals surface area contributed by atoms with Gasteiger partial charge in [0.1, 0.15) is 0 Å². The third kappa shape index (κ3) is 3.82. The van der Waals surface area contributed by atoms with Gasteiger partial charge in [0.15, 0.2) is 0 Å². The van der Waals surface area contributed by atoms with E-state index in [0.29, 0.717) is 12.3 Å². The van der Waals surface area contributed by atoms with Crippen LogP contribution in [0.3, 0.4) is 0 Å². The standard InChI is InChI=1S/C17H27NO/c1-6-9-14-11-10-13(7-2)16(14)17(12(4)5)18-15(19)8-3/h10-11,14H,6-9H2,1-5H3,(H,18,19). The predicted octanol–water partition coefficient (Wildman–Crippen LogP) is 4.50. The summed E-state index contributed by atoms with van der Waals surface area (Å²) in [5.41, 5.74) is 4.94. The SMILES string of the molecule is CCCC1C=CC(CC)=C1C(NC(=O)CC)=C(C)C. The fraction of sp³-hybridized carbons (Fsp3) is 0.588. The number of carbonyl (C=O) groups excluding carboxylic acids is 1. The number of nitrogens with one attached hydrogen (secondary N) is 1. The van der Waals surface area contributed by atoms with E-state index in [1.54, 1.807) is 0 Å². The highest BCUT2D eigenvalue weighted by atomic mass is 16.1. The number of amides is 1. The molecule has 0 aliphatic heterocycles. The molecule has 1 aliphatic rings. The molecule has 0 heterocycles.